The molecule has 0 saturated heterocycles. The molecule has 0 unspecified atom stereocenters. The summed E-state index contributed by atoms with van der Waals surface area (Å²) in [5.74, 6) is -0.136. The maximum absolute atomic E-state index is 13.4. The van der Waals surface area contributed by atoms with E-state index in [2.05, 4.69) is 16.4 Å². The van der Waals surface area contributed by atoms with Crippen molar-refractivity contribution in [1.82, 2.24) is 14.9 Å². The molecular formula is C28H22N4O. The molecule has 0 atom stereocenters. The SMILES string of the molecule is Cc1cccc2c1cc(C(=O)NCc1ccnc3ccccc13)n2Cc1cccc(C#N)c1. The van der Waals surface area contributed by atoms with E-state index in [1.165, 1.54) is 0 Å². The van der Waals surface area contributed by atoms with Crippen LogP contribution < -0.4 is 5.32 Å². The van der Waals surface area contributed by atoms with Gasteiger partial charge in [0.25, 0.3) is 5.91 Å². The van der Waals surface area contributed by atoms with Crippen molar-refractivity contribution in [2.24, 2.45) is 0 Å². The summed E-state index contributed by atoms with van der Waals surface area (Å²) < 4.78 is 2.03. The van der Waals surface area contributed by atoms with Crippen LogP contribution in [-0.2, 0) is 13.1 Å². The van der Waals surface area contributed by atoms with Crippen LogP contribution in [0.1, 0.15) is 32.7 Å². The van der Waals surface area contributed by atoms with Crippen molar-refractivity contribution < 1.29 is 4.79 Å². The maximum Gasteiger partial charge on any atom is 0.268 e. The van der Waals surface area contributed by atoms with Crippen molar-refractivity contribution >= 4 is 27.7 Å². The second kappa shape index (κ2) is 8.60. The van der Waals surface area contributed by atoms with E-state index < -0.39 is 0 Å². The van der Waals surface area contributed by atoms with Gasteiger partial charge in [0.1, 0.15) is 5.69 Å². The highest BCUT2D eigenvalue weighted by atomic mass is 16.1. The van der Waals surface area contributed by atoms with Crippen LogP contribution in [-0.4, -0.2) is 15.5 Å². The Balaban J connectivity index is 1.50. The molecule has 0 bridgehead atoms. The van der Waals surface area contributed by atoms with Gasteiger partial charge in [0, 0.05) is 35.6 Å². The lowest BCUT2D eigenvalue weighted by Gasteiger charge is -2.12. The lowest BCUT2D eigenvalue weighted by atomic mass is 10.1. The molecule has 5 rings (SSSR count). The summed E-state index contributed by atoms with van der Waals surface area (Å²) >= 11 is 0. The van der Waals surface area contributed by atoms with Crippen LogP contribution >= 0.6 is 0 Å². The van der Waals surface area contributed by atoms with Crippen LogP contribution in [0.15, 0.2) is 85.1 Å². The number of aromatic nitrogens is 2. The number of amides is 1. The standard InChI is InChI=1S/C28H22N4O/c1-19-6-4-11-26-24(19)15-27(32(26)18-21-8-5-7-20(14-21)16-29)28(33)31-17-22-12-13-30-25-10-3-2-9-23(22)25/h2-15H,17-18H2,1H3,(H,31,33). The van der Waals surface area contributed by atoms with Crippen LogP contribution in [0.2, 0.25) is 0 Å². The molecule has 5 heteroatoms. The van der Waals surface area contributed by atoms with Gasteiger partial charge in [-0.2, -0.15) is 5.26 Å². The van der Waals surface area contributed by atoms with Crippen molar-refractivity contribution in [3.05, 3.63) is 113 Å². The summed E-state index contributed by atoms with van der Waals surface area (Å²) in [6.07, 6.45) is 1.77. The molecule has 0 spiro atoms. The summed E-state index contributed by atoms with van der Waals surface area (Å²) in [7, 11) is 0. The van der Waals surface area contributed by atoms with Gasteiger partial charge in [0.05, 0.1) is 17.1 Å². The molecule has 0 fully saturated rings. The van der Waals surface area contributed by atoms with Gasteiger partial charge in [-0.1, -0.05) is 42.5 Å². The fraction of sp³-hybridized carbons (Fsp3) is 0.107. The van der Waals surface area contributed by atoms with Gasteiger partial charge < -0.3 is 9.88 Å². The molecule has 0 aliphatic carbocycles. The van der Waals surface area contributed by atoms with Crippen LogP contribution in [0.3, 0.4) is 0 Å². The van der Waals surface area contributed by atoms with E-state index in [0.29, 0.717) is 24.3 Å². The first-order chi connectivity index (χ1) is 16.1. The minimum Gasteiger partial charge on any atom is -0.347 e. The van der Waals surface area contributed by atoms with Gasteiger partial charge in [-0.05, 0) is 60.0 Å². The molecule has 5 nitrogen and oxygen atoms in total. The number of nitriles is 1. The number of carbonyl (C=O) groups excluding carboxylic acids is 1. The number of benzene rings is 3. The third-order valence-corrected chi connectivity index (χ3v) is 5.97. The first-order valence-electron chi connectivity index (χ1n) is 10.8. The molecule has 0 aliphatic heterocycles. The summed E-state index contributed by atoms with van der Waals surface area (Å²) in [5, 5.41) is 14.4. The number of hydrogen-bond donors (Lipinski definition) is 1. The second-order valence-electron chi connectivity index (χ2n) is 8.11. The Hall–Kier alpha value is -4.43. The number of fused-ring (bicyclic) bond motifs is 2. The first kappa shape index (κ1) is 20.5. The molecule has 3 aromatic carbocycles. The lowest BCUT2D eigenvalue weighted by molar-refractivity contribution is 0.0942. The number of rotatable bonds is 5. The van der Waals surface area contributed by atoms with E-state index in [1.54, 1.807) is 12.3 Å². The summed E-state index contributed by atoms with van der Waals surface area (Å²) in [6.45, 7) is 2.96. The van der Waals surface area contributed by atoms with E-state index in [0.717, 1.165) is 38.5 Å². The Morgan fingerprint density at radius 1 is 1.00 bits per heavy atom. The predicted molar refractivity (Wildman–Crippen MR) is 130 cm³/mol. The highest BCUT2D eigenvalue weighted by Crippen LogP contribution is 2.25. The Morgan fingerprint density at radius 2 is 1.85 bits per heavy atom. The number of nitrogens with zero attached hydrogens (tertiary/aromatic N) is 3. The fourth-order valence-electron chi connectivity index (χ4n) is 4.29. The molecular weight excluding hydrogens is 408 g/mol. The molecule has 0 aliphatic rings. The zero-order valence-corrected chi connectivity index (χ0v) is 18.2. The number of hydrogen-bond acceptors (Lipinski definition) is 3. The average molecular weight is 431 g/mol. The van der Waals surface area contributed by atoms with Gasteiger partial charge in [-0.15, -0.1) is 0 Å². The Morgan fingerprint density at radius 3 is 2.73 bits per heavy atom. The van der Waals surface area contributed by atoms with Gasteiger partial charge in [-0.25, -0.2) is 0 Å². The number of carbonyl (C=O) groups is 1. The van der Waals surface area contributed by atoms with E-state index in [-0.39, 0.29) is 5.91 Å². The second-order valence-corrected chi connectivity index (χ2v) is 8.11. The van der Waals surface area contributed by atoms with E-state index in [4.69, 9.17) is 0 Å². The summed E-state index contributed by atoms with van der Waals surface area (Å²) in [4.78, 5) is 17.8. The highest BCUT2D eigenvalue weighted by Gasteiger charge is 2.17. The van der Waals surface area contributed by atoms with Crippen LogP contribution in [0.25, 0.3) is 21.8 Å². The summed E-state index contributed by atoms with van der Waals surface area (Å²) in [6, 6.07) is 27.6. The molecule has 5 aromatic rings. The third kappa shape index (κ3) is 3.95. The normalized spacial score (nSPS) is 10.9. The summed E-state index contributed by atoms with van der Waals surface area (Å²) in [5.41, 5.74) is 6.22. The Bertz CT molecular complexity index is 1540. The maximum atomic E-state index is 13.4. The van der Waals surface area contributed by atoms with E-state index in [9.17, 15) is 10.1 Å². The topological polar surface area (TPSA) is 70.7 Å². The quantitative estimate of drug-likeness (QED) is 0.409. The van der Waals surface area contributed by atoms with Crippen molar-refractivity contribution in [2.45, 2.75) is 20.0 Å². The van der Waals surface area contributed by atoms with Crippen LogP contribution in [0.5, 0.6) is 0 Å². The lowest BCUT2D eigenvalue weighted by Crippen LogP contribution is -2.25. The first-order valence-corrected chi connectivity index (χ1v) is 10.8. The van der Waals surface area contributed by atoms with Gasteiger partial charge in [-0.3, -0.25) is 9.78 Å². The monoisotopic (exact) mass is 430 g/mol. The highest BCUT2D eigenvalue weighted by molar-refractivity contribution is 5.99. The molecule has 0 radical (unpaired) electrons. The van der Waals surface area contributed by atoms with Crippen molar-refractivity contribution in [2.75, 3.05) is 0 Å². The van der Waals surface area contributed by atoms with Crippen molar-refractivity contribution in [3.8, 4) is 6.07 Å². The van der Waals surface area contributed by atoms with Crippen LogP contribution in [0, 0.1) is 18.3 Å². The van der Waals surface area contributed by atoms with Gasteiger partial charge in [0.15, 0.2) is 0 Å². The number of para-hydroxylation sites is 1. The van der Waals surface area contributed by atoms with Gasteiger partial charge >= 0.3 is 0 Å². The molecule has 0 saturated carbocycles. The fourth-order valence-corrected chi connectivity index (χ4v) is 4.29. The van der Waals surface area contributed by atoms with E-state index in [1.807, 2.05) is 84.3 Å². The Kier molecular flexibility index (Phi) is 5.34. The van der Waals surface area contributed by atoms with Gasteiger partial charge in [0.2, 0.25) is 0 Å². The number of pyridine rings is 1. The average Bonchev–Trinajstić information content (AvgIpc) is 3.22. The van der Waals surface area contributed by atoms with Crippen molar-refractivity contribution in [1.29, 1.82) is 5.26 Å². The predicted octanol–water partition coefficient (Wildman–Crippen LogP) is 5.35. The third-order valence-electron chi connectivity index (χ3n) is 5.97. The minimum absolute atomic E-state index is 0.136. The molecule has 2 aromatic heterocycles. The molecule has 33 heavy (non-hydrogen) atoms. The zero-order valence-electron chi connectivity index (χ0n) is 18.2. The minimum atomic E-state index is -0.136. The molecule has 1 amide bonds. The number of nitrogens with one attached hydrogen (secondary N) is 1. The molecule has 1 N–H and O–H groups in total. The smallest absolute Gasteiger partial charge is 0.268 e. The van der Waals surface area contributed by atoms with Crippen molar-refractivity contribution in [3.63, 3.8) is 0 Å². The molecule has 160 valence electrons. The van der Waals surface area contributed by atoms with Crippen LogP contribution in [0.4, 0.5) is 0 Å². The van der Waals surface area contributed by atoms with E-state index >= 15 is 0 Å². The number of aryl methyl sites for hydroxylation is 1. The largest absolute Gasteiger partial charge is 0.347 e. The zero-order chi connectivity index (χ0) is 22.8. The Labute approximate surface area is 191 Å². The molecule has 2 heterocycles.